The largest absolute Gasteiger partial charge is 0.397 e. The second-order valence-corrected chi connectivity index (χ2v) is 5.81. The van der Waals surface area contributed by atoms with Crippen LogP contribution in [0.15, 0.2) is 40.3 Å². The van der Waals surface area contributed by atoms with E-state index in [1.54, 1.807) is 6.07 Å². The zero-order valence-corrected chi connectivity index (χ0v) is 13.2. The molecule has 0 radical (unpaired) electrons. The van der Waals surface area contributed by atoms with Crippen LogP contribution in [0, 0.1) is 11.3 Å². The monoisotopic (exact) mass is 321 g/mol. The van der Waals surface area contributed by atoms with Gasteiger partial charge >= 0.3 is 0 Å². The van der Waals surface area contributed by atoms with E-state index in [1.807, 2.05) is 35.8 Å². The molecule has 0 unspecified atom stereocenters. The average molecular weight is 322 g/mol. The Hall–Kier alpha value is -1.61. The molecule has 0 aliphatic heterocycles. The van der Waals surface area contributed by atoms with Gasteiger partial charge in [-0.05, 0) is 37.3 Å². The second kappa shape index (κ2) is 7.41. The average Bonchev–Trinajstić information content (AvgIpc) is 2.78. The van der Waals surface area contributed by atoms with Gasteiger partial charge in [0.15, 0.2) is 0 Å². The van der Waals surface area contributed by atoms with Crippen LogP contribution in [0.3, 0.4) is 0 Å². The van der Waals surface area contributed by atoms with Gasteiger partial charge in [0.1, 0.15) is 16.8 Å². The summed E-state index contributed by atoms with van der Waals surface area (Å²) in [5.74, 6) is 0. The number of nitrogens with zero attached hydrogens (tertiary/aromatic N) is 2. The van der Waals surface area contributed by atoms with Crippen molar-refractivity contribution in [1.29, 1.82) is 5.26 Å². The van der Waals surface area contributed by atoms with Gasteiger partial charge in [0, 0.05) is 23.1 Å². The first-order valence-corrected chi connectivity index (χ1v) is 7.75. The standard InChI is InChI=1S/C15H16ClN3OS/c1-2-20-8-7-19-12(10-17)9-14(18)15(19)21-13-5-3-11(16)4-6-13/h3-6,9H,2,7-8,18H2,1H3. The molecule has 0 spiro atoms. The number of hydrogen-bond acceptors (Lipinski definition) is 4. The number of nitrogens with two attached hydrogens (primary N) is 1. The number of nitriles is 1. The van der Waals surface area contributed by atoms with Crippen molar-refractivity contribution >= 4 is 29.1 Å². The van der Waals surface area contributed by atoms with Gasteiger partial charge in [-0.25, -0.2) is 0 Å². The zero-order chi connectivity index (χ0) is 15.2. The molecule has 1 aromatic carbocycles. The van der Waals surface area contributed by atoms with Crippen molar-refractivity contribution < 1.29 is 4.74 Å². The van der Waals surface area contributed by atoms with Crippen molar-refractivity contribution in [2.75, 3.05) is 18.9 Å². The van der Waals surface area contributed by atoms with Gasteiger partial charge in [0.05, 0.1) is 12.3 Å². The van der Waals surface area contributed by atoms with Crippen LogP contribution in [-0.4, -0.2) is 17.8 Å². The Kier molecular flexibility index (Phi) is 5.57. The molecular weight excluding hydrogens is 306 g/mol. The lowest BCUT2D eigenvalue weighted by molar-refractivity contribution is 0.137. The van der Waals surface area contributed by atoms with E-state index in [1.165, 1.54) is 11.8 Å². The summed E-state index contributed by atoms with van der Waals surface area (Å²) < 4.78 is 7.26. The van der Waals surface area contributed by atoms with E-state index in [0.29, 0.717) is 36.2 Å². The minimum absolute atomic E-state index is 0.545. The molecule has 0 bridgehead atoms. The number of ether oxygens (including phenoxy) is 1. The van der Waals surface area contributed by atoms with Gasteiger partial charge in [-0.15, -0.1) is 0 Å². The number of anilines is 1. The van der Waals surface area contributed by atoms with Gasteiger partial charge in [-0.1, -0.05) is 23.4 Å². The molecule has 0 fully saturated rings. The van der Waals surface area contributed by atoms with Gasteiger partial charge in [0.25, 0.3) is 0 Å². The minimum atomic E-state index is 0.545. The van der Waals surface area contributed by atoms with Crippen LogP contribution in [0.2, 0.25) is 5.02 Å². The van der Waals surface area contributed by atoms with E-state index in [0.717, 1.165) is 9.92 Å². The molecule has 0 aliphatic carbocycles. The SMILES string of the molecule is CCOCCn1c(C#N)cc(N)c1Sc1ccc(Cl)cc1. The van der Waals surface area contributed by atoms with Crippen molar-refractivity contribution in [1.82, 2.24) is 4.57 Å². The Bertz CT molecular complexity index is 646. The third-order valence-corrected chi connectivity index (χ3v) is 4.29. The van der Waals surface area contributed by atoms with Crippen LogP contribution in [-0.2, 0) is 11.3 Å². The first kappa shape index (κ1) is 15.8. The first-order valence-electron chi connectivity index (χ1n) is 6.56. The van der Waals surface area contributed by atoms with E-state index in [4.69, 9.17) is 22.1 Å². The van der Waals surface area contributed by atoms with Crippen LogP contribution in [0.4, 0.5) is 5.69 Å². The predicted octanol–water partition coefficient (Wildman–Crippen LogP) is 3.78. The van der Waals surface area contributed by atoms with Crippen molar-refractivity contribution in [3.63, 3.8) is 0 Å². The van der Waals surface area contributed by atoms with Crippen LogP contribution in [0.1, 0.15) is 12.6 Å². The number of nitrogen functional groups attached to an aromatic ring is 1. The van der Waals surface area contributed by atoms with E-state index in [-0.39, 0.29) is 0 Å². The fourth-order valence-corrected chi connectivity index (χ4v) is 2.99. The quantitative estimate of drug-likeness (QED) is 0.822. The highest BCUT2D eigenvalue weighted by Crippen LogP contribution is 2.35. The van der Waals surface area contributed by atoms with Crippen molar-refractivity contribution in [2.45, 2.75) is 23.4 Å². The number of hydrogen-bond donors (Lipinski definition) is 1. The molecule has 110 valence electrons. The second-order valence-electron chi connectivity index (χ2n) is 4.31. The summed E-state index contributed by atoms with van der Waals surface area (Å²) in [6, 6.07) is 11.4. The lowest BCUT2D eigenvalue weighted by atomic mass is 10.4. The first-order chi connectivity index (χ1) is 10.2. The summed E-state index contributed by atoms with van der Waals surface area (Å²) >= 11 is 7.41. The molecule has 2 rings (SSSR count). The fourth-order valence-electron chi connectivity index (χ4n) is 1.90. The molecule has 0 saturated heterocycles. The maximum Gasteiger partial charge on any atom is 0.123 e. The molecule has 0 amide bonds. The molecule has 2 N–H and O–H groups in total. The van der Waals surface area contributed by atoms with Gasteiger partial charge in [-0.2, -0.15) is 5.26 Å². The van der Waals surface area contributed by atoms with Crippen molar-refractivity contribution in [3.8, 4) is 6.07 Å². The molecule has 0 saturated carbocycles. The lowest BCUT2D eigenvalue weighted by Crippen LogP contribution is -2.09. The molecular formula is C15H16ClN3OS. The molecule has 1 aromatic heterocycles. The Morgan fingerprint density at radius 2 is 2.10 bits per heavy atom. The van der Waals surface area contributed by atoms with Gasteiger partial charge in [-0.3, -0.25) is 0 Å². The zero-order valence-electron chi connectivity index (χ0n) is 11.7. The maximum absolute atomic E-state index is 9.22. The highest BCUT2D eigenvalue weighted by Gasteiger charge is 2.14. The molecule has 6 heteroatoms. The third-order valence-electron chi connectivity index (χ3n) is 2.88. The van der Waals surface area contributed by atoms with Crippen LogP contribution >= 0.6 is 23.4 Å². The summed E-state index contributed by atoms with van der Waals surface area (Å²) in [5, 5.41) is 10.8. The summed E-state index contributed by atoms with van der Waals surface area (Å²) in [7, 11) is 0. The fraction of sp³-hybridized carbons (Fsp3) is 0.267. The Labute approximate surface area is 133 Å². The molecule has 0 atom stereocenters. The van der Waals surface area contributed by atoms with E-state index in [2.05, 4.69) is 6.07 Å². The lowest BCUT2D eigenvalue weighted by Gasteiger charge is -2.11. The summed E-state index contributed by atoms with van der Waals surface area (Å²) in [4.78, 5) is 1.02. The smallest absolute Gasteiger partial charge is 0.123 e. The third kappa shape index (κ3) is 3.94. The number of aromatic nitrogens is 1. The van der Waals surface area contributed by atoms with Crippen LogP contribution in [0.25, 0.3) is 0 Å². The molecule has 4 nitrogen and oxygen atoms in total. The summed E-state index contributed by atoms with van der Waals surface area (Å²) in [5.41, 5.74) is 7.19. The Morgan fingerprint density at radius 3 is 2.71 bits per heavy atom. The Balaban J connectivity index is 2.26. The van der Waals surface area contributed by atoms with E-state index >= 15 is 0 Å². The number of halogens is 1. The van der Waals surface area contributed by atoms with E-state index < -0.39 is 0 Å². The Morgan fingerprint density at radius 1 is 1.38 bits per heavy atom. The molecule has 0 aliphatic rings. The molecule has 2 aromatic rings. The van der Waals surface area contributed by atoms with Crippen molar-refractivity contribution in [2.24, 2.45) is 0 Å². The maximum atomic E-state index is 9.22. The predicted molar refractivity (Wildman–Crippen MR) is 85.6 cm³/mol. The van der Waals surface area contributed by atoms with Crippen LogP contribution < -0.4 is 5.73 Å². The topological polar surface area (TPSA) is 64.0 Å². The van der Waals surface area contributed by atoms with E-state index in [9.17, 15) is 5.26 Å². The highest BCUT2D eigenvalue weighted by atomic mass is 35.5. The minimum Gasteiger partial charge on any atom is -0.397 e. The van der Waals surface area contributed by atoms with Crippen molar-refractivity contribution in [3.05, 3.63) is 41.0 Å². The number of benzene rings is 1. The normalized spacial score (nSPS) is 10.5. The summed E-state index contributed by atoms with van der Waals surface area (Å²) in [6.07, 6.45) is 0. The van der Waals surface area contributed by atoms with Gasteiger partial charge in [0.2, 0.25) is 0 Å². The molecule has 21 heavy (non-hydrogen) atoms. The highest BCUT2D eigenvalue weighted by molar-refractivity contribution is 7.99. The van der Waals surface area contributed by atoms with Crippen LogP contribution in [0.5, 0.6) is 0 Å². The summed E-state index contributed by atoms with van der Waals surface area (Å²) in [6.45, 7) is 3.74. The van der Waals surface area contributed by atoms with Gasteiger partial charge < -0.3 is 15.0 Å². The number of rotatable bonds is 6. The molecule has 1 heterocycles.